The summed E-state index contributed by atoms with van der Waals surface area (Å²) in [5.74, 6) is -0.577. The van der Waals surface area contributed by atoms with Gasteiger partial charge in [-0.15, -0.1) is 0 Å². The molecule has 1 fully saturated rings. The smallest absolute Gasteiger partial charge is 0.196 e. The van der Waals surface area contributed by atoms with Gasteiger partial charge < -0.3 is 28.5 Å². The molecule has 0 bridgehead atoms. The fourth-order valence-corrected chi connectivity index (χ4v) is 3.54. The van der Waals surface area contributed by atoms with Crippen molar-refractivity contribution in [2.75, 3.05) is 26.2 Å². The summed E-state index contributed by atoms with van der Waals surface area (Å²) in [6, 6.07) is 12.3. The van der Waals surface area contributed by atoms with E-state index < -0.39 is 0 Å². The number of halogens is 3. The SMILES string of the molecule is CC[N+]1(CC)C/C(=C\c2ccc(F)cc2)C(=O)/C(=C/c2ccc(F)cc2)C1.[I-]. The number of quaternary nitrogens is 1. The summed E-state index contributed by atoms with van der Waals surface area (Å²) in [5.41, 5.74) is 3.08. The van der Waals surface area contributed by atoms with Crippen LogP contribution in [0.5, 0.6) is 0 Å². The minimum Gasteiger partial charge on any atom is -1.00 e. The number of carbonyl (C=O) groups excluding carboxylic acids is 1. The summed E-state index contributed by atoms with van der Waals surface area (Å²) in [7, 11) is 0. The first-order valence-electron chi connectivity index (χ1n) is 9.27. The third-order valence-corrected chi connectivity index (χ3v) is 5.36. The van der Waals surface area contributed by atoms with Gasteiger partial charge in [-0.1, -0.05) is 24.3 Å². The Bertz CT molecular complexity index is 812. The van der Waals surface area contributed by atoms with Gasteiger partial charge in [0.05, 0.1) is 24.2 Å². The number of ketones is 1. The van der Waals surface area contributed by atoms with Crippen molar-refractivity contribution in [2.24, 2.45) is 0 Å². The fourth-order valence-electron chi connectivity index (χ4n) is 3.54. The number of benzene rings is 2. The number of likely N-dealkylation sites (tertiary alicyclic amines) is 1. The van der Waals surface area contributed by atoms with E-state index in [2.05, 4.69) is 13.8 Å². The van der Waals surface area contributed by atoms with Gasteiger partial charge in [-0.05, 0) is 61.4 Å². The summed E-state index contributed by atoms with van der Waals surface area (Å²) in [4.78, 5) is 13.1. The Morgan fingerprint density at radius 2 is 1.14 bits per heavy atom. The Labute approximate surface area is 182 Å². The highest BCUT2D eigenvalue weighted by Crippen LogP contribution is 2.27. The number of hydrogen-bond acceptors (Lipinski definition) is 1. The van der Waals surface area contributed by atoms with Crippen LogP contribution in [0.2, 0.25) is 0 Å². The van der Waals surface area contributed by atoms with Crippen LogP contribution < -0.4 is 24.0 Å². The first-order chi connectivity index (χ1) is 12.9. The molecule has 0 amide bonds. The van der Waals surface area contributed by atoms with Crippen molar-refractivity contribution in [3.05, 3.63) is 82.4 Å². The first-order valence-corrected chi connectivity index (χ1v) is 9.27. The molecular weight excluding hydrogens is 471 g/mol. The van der Waals surface area contributed by atoms with E-state index in [0.717, 1.165) is 39.8 Å². The van der Waals surface area contributed by atoms with Gasteiger partial charge in [-0.3, -0.25) is 4.79 Å². The van der Waals surface area contributed by atoms with Crippen LogP contribution in [0.25, 0.3) is 12.2 Å². The van der Waals surface area contributed by atoms with E-state index in [1.165, 1.54) is 24.3 Å². The van der Waals surface area contributed by atoms with Gasteiger partial charge in [-0.25, -0.2) is 8.78 Å². The highest BCUT2D eigenvalue weighted by molar-refractivity contribution is 6.14. The van der Waals surface area contributed by atoms with Gasteiger partial charge in [-0.2, -0.15) is 0 Å². The van der Waals surface area contributed by atoms with Crippen molar-refractivity contribution in [3.63, 3.8) is 0 Å². The van der Waals surface area contributed by atoms with Crippen LogP contribution in [0, 0.1) is 11.6 Å². The molecular formula is C23H24F2INO. The number of nitrogens with zero attached hydrogens (tertiary/aromatic N) is 1. The number of likely N-dealkylation sites (N-methyl/N-ethyl adjacent to an activating group) is 1. The van der Waals surface area contributed by atoms with Crippen LogP contribution in [0.4, 0.5) is 8.78 Å². The summed E-state index contributed by atoms with van der Waals surface area (Å²) in [6.07, 6.45) is 3.72. The maximum atomic E-state index is 13.2. The van der Waals surface area contributed by atoms with E-state index in [0.29, 0.717) is 13.1 Å². The van der Waals surface area contributed by atoms with Crippen molar-refractivity contribution in [1.82, 2.24) is 0 Å². The molecule has 0 N–H and O–H groups in total. The molecule has 0 aliphatic carbocycles. The summed E-state index contributed by atoms with van der Waals surface area (Å²) < 4.78 is 27.1. The van der Waals surface area contributed by atoms with Gasteiger partial charge in [0.15, 0.2) is 5.78 Å². The van der Waals surface area contributed by atoms with Gasteiger partial charge in [0, 0.05) is 0 Å². The first kappa shape index (κ1) is 22.4. The lowest BCUT2D eigenvalue weighted by molar-refractivity contribution is -0.916. The van der Waals surface area contributed by atoms with E-state index >= 15 is 0 Å². The van der Waals surface area contributed by atoms with Crippen molar-refractivity contribution in [1.29, 1.82) is 0 Å². The van der Waals surface area contributed by atoms with E-state index in [-0.39, 0.29) is 41.4 Å². The predicted octanol–water partition coefficient (Wildman–Crippen LogP) is 1.88. The van der Waals surface area contributed by atoms with E-state index in [1.54, 1.807) is 24.3 Å². The van der Waals surface area contributed by atoms with Crippen LogP contribution in [0.1, 0.15) is 25.0 Å². The number of rotatable bonds is 4. The van der Waals surface area contributed by atoms with Gasteiger partial charge in [0.1, 0.15) is 24.7 Å². The van der Waals surface area contributed by atoms with Crippen molar-refractivity contribution >= 4 is 17.9 Å². The van der Waals surface area contributed by atoms with Crippen LogP contribution in [-0.2, 0) is 4.79 Å². The average Bonchev–Trinajstić information content (AvgIpc) is 2.68. The summed E-state index contributed by atoms with van der Waals surface area (Å²) in [5, 5.41) is 0. The van der Waals surface area contributed by atoms with E-state index in [1.807, 2.05) is 12.2 Å². The summed E-state index contributed by atoms with van der Waals surface area (Å²) in [6.45, 7) is 7.39. The number of piperidine rings is 1. The second kappa shape index (κ2) is 9.56. The maximum absolute atomic E-state index is 13.2. The molecule has 148 valence electrons. The summed E-state index contributed by atoms with van der Waals surface area (Å²) >= 11 is 0. The van der Waals surface area contributed by atoms with Crippen LogP contribution in [-0.4, -0.2) is 36.4 Å². The monoisotopic (exact) mass is 495 g/mol. The molecule has 5 heteroatoms. The van der Waals surface area contributed by atoms with Crippen molar-refractivity contribution in [2.45, 2.75) is 13.8 Å². The van der Waals surface area contributed by atoms with E-state index in [9.17, 15) is 13.6 Å². The molecule has 1 aliphatic heterocycles. The van der Waals surface area contributed by atoms with Gasteiger partial charge in [0.25, 0.3) is 0 Å². The van der Waals surface area contributed by atoms with E-state index in [4.69, 9.17) is 0 Å². The molecule has 0 radical (unpaired) electrons. The third kappa shape index (κ3) is 5.14. The number of Topliss-reactive ketones (excluding diaryl/α,β-unsaturated/α-hetero) is 1. The second-order valence-electron chi connectivity index (χ2n) is 7.06. The molecule has 3 rings (SSSR count). The van der Waals surface area contributed by atoms with Gasteiger partial charge >= 0.3 is 0 Å². The minimum absolute atomic E-state index is 0. The molecule has 1 heterocycles. The second-order valence-corrected chi connectivity index (χ2v) is 7.06. The molecule has 2 aromatic carbocycles. The normalized spacial score (nSPS) is 18.9. The minimum atomic E-state index is -0.295. The van der Waals surface area contributed by atoms with Crippen LogP contribution >= 0.6 is 0 Å². The fraction of sp³-hybridized carbons (Fsp3) is 0.261. The average molecular weight is 495 g/mol. The Kier molecular flexibility index (Phi) is 7.66. The molecule has 0 aromatic heterocycles. The van der Waals surface area contributed by atoms with Crippen molar-refractivity contribution in [3.8, 4) is 0 Å². The van der Waals surface area contributed by atoms with Gasteiger partial charge in [0.2, 0.25) is 0 Å². The Morgan fingerprint density at radius 1 is 0.786 bits per heavy atom. The molecule has 0 atom stereocenters. The Balaban J connectivity index is 0.00000280. The molecule has 0 saturated carbocycles. The lowest BCUT2D eigenvalue weighted by Crippen LogP contribution is -3.00. The van der Waals surface area contributed by atoms with Crippen LogP contribution in [0.15, 0.2) is 59.7 Å². The lowest BCUT2D eigenvalue weighted by atomic mass is 9.92. The molecule has 1 aliphatic rings. The standard InChI is InChI=1S/C23H24F2NO.HI/c1-3-26(4-2)15-19(13-17-5-9-21(24)10-6-17)23(27)20(16-26)14-18-7-11-22(25)12-8-18;/h5-14H,3-4,15-16H2,1-2H3;1H/q+1;/p-1/b19-13+,20-14+;. The zero-order valence-electron chi connectivity index (χ0n) is 16.1. The van der Waals surface area contributed by atoms with Crippen molar-refractivity contribution < 1.29 is 42.0 Å². The highest BCUT2D eigenvalue weighted by Gasteiger charge is 2.36. The molecule has 2 nitrogen and oxygen atoms in total. The maximum Gasteiger partial charge on any atom is 0.196 e. The lowest BCUT2D eigenvalue weighted by Gasteiger charge is -2.41. The highest BCUT2D eigenvalue weighted by atomic mass is 127. The quantitative estimate of drug-likeness (QED) is 0.360. The largest absolute Gasteiger partial charge is 1.00 e. The molecule has 0 unspecified atom stereocenters. The topological polar surface area (TPSA) is 17.1 Å². The molecule has 1 saturated heterocycles. The molecule has 0 spiro atoms. The molecule has 28 heavy (non-hydrogen) atoms. The number of carbonyl (C=O) groups is 1. The number of hydrogen-bond donors (Lipinski definition) is 0. The predicted molar refractivity (Wildman–Crippen MR) is 105 cm³/mol. The molecule has 2 aromatic rings. The Hall–Kier alpha value is -1.86. The zero-order chi connectivity index (χ0) is 19.4. The zero-order valence-corrected chi connectivity index (χ0v) is 18.2. The van der Waals surface area contributed by atoms with Crippen LogP contribution in [0.3, 0.4) is 0 Å². The Morgan fingerprint density at radius 3 is 1.46 bits per heavy atom. The third-order valence-electron chi connectivity index (χ3n) is 5.36.